The van der Waals surface area contributed by atoms with E-state index in [-0.39, 0.29) is 33.8 Å². The summed E-state index contributed by atoms with van der Waals surface area (Å²) in [7, 11) is -2.82. The van der Waals surface area contributed by atoms with Gasteiger partial charge in [0, 0.05) is 22.6 Å². The molecule has 1 atom stereocenters. The predicted octanol–water partition coefficient (Wildman–Crippen LogP) is 4.86. The minimum atomic E-state index is -4.23. The van der Waals surface area contributed by atoms with Crippen molar-refractivity contribution in [2.45, 2.75) is 31.3 Å². The molecular weight excluding hydrogens is 594 g/mol. The molecule has 0 aliphatic heterocycles. The maximum atomic E-state index is 13.9. The third-order valence-electron chi connectivity index (χ3n) is 5.80. The van der Waals surface area contributed by atoms with Crippen molar-refractivity contribution in [3.05, 3.63) is 87.9 Å². The molecule has 3 rings (SSSR count). The molecule has 0 bridgehead atoms. The van der Waals surface area contributed by atoms with Gasteiger partial charge in [-0.1, -0.05) is 57.9 Å². The molecule has 0 saturated heterocycles. The molecule has 0 heterocycles. The standard InChI is InChI=1S/C27H29BrClN3O5S/c1-4-30-27(34)19(2)31(17-20-10-12-21(28)13-11-20)26(33)18-32(24-16-22(29)14-15-25(24)37-3)38(35,36)23-8-6-5-7-9-23/h5-16,19H,4,17-18H2,1-3H3,(H,30,34)/t19-/m1/s1. The van der Waals surface area contributed by atoms with E-state index in [1.54, 1.807) is 38.1 Å². The van der Waals surface area contributed by atoms with E-state index in [1.807, 2.05) is 24.3 Å². The summed E-state index contributed by atoms with van der Waals surface area (Å²) in [6, 6.07) is 18.8. The van der Waals surface area contributed by atoms with Crippen LogP contribution in [0.4, 0.5) is 5.69 Å². The molecule has 3 aromatic carbocycles. The molecular formula is C27H29BrClN3O5S. The highest BCUT2D eigenvalue weighted by atomic mass is 79.9. The summed E-state index contributed by atoms with van der Waals surface area (Å²) in [5.41, 5.74) is 0.877. The normalized spacial score (nSPS) is 11.9. The summed E-state index contributed by atoms with van der Waals surface area (Å²) in [6.07, 6.45) is 0. The Bertz CT molecular complexity index is 1370. The van der Waals surface area contributed by atoms with E-state index in [2.05, 4.69) is 21.2 Å². The van der Waals surface area contributed by atoms with Gasteiger partial charge in [-0.05, 0) is 61.9 Å². The summed E-state index contributed by atoms with van der Waals surface area (Å²) < 4.78 is 34.9. The number of rotatable bonds is 11. The first-order valence-corrected chi connectivity index (χ1v) is 14.4. The number of halogens is 2. The fourth-order valence-corrected chi connectivity index (χ4v) is 5.65. The van der Waals surface area contributed by atoms with Gasteiger partial charge in [-0.25, -0.2) is 8.42 Å². The molecule has 8 nitrogen and oxygen atoms in total. The van der Waals surface area contributed by atoms with Gasteiger partial charge >= 0.3 is 0 Å². The molecule has 2 amide bonds. The molecule has 0 aliphatic carbocycles. The Balaban J connectivity index is 2.08. The monoisotopic (exact) mass is 621 g/mol. The van der Waals surface area contributed by atoms with Crippen LogP contribution in [0, 0.1) is 0 Å². The lowest BCUT2D eigenvalue weighted by Gasteiger charge is -2.32. The first-order valence-electron chi connectivity index (χ1n) is 11.8. The Morgan fingerprint density at radius 3 is 2.32 bits per heavy atom. The van der Waals surface area contributed by atoms with Crippen LogP contribution in [-0.2, 0) is 26.2 Å². The lowest BCUT2D eigenvalue weighted by Crippen LogP contribution is -2.51. The van der Waals surface area contributed by atoms with E-state index < -0.39 is 28.5 Å². The second-order valence-corrected chi connectivity index (χ2v) is 11.6. The summed E-state index contributed by atoms with van der Waals surface area (Å²) in [4.78, 5) is 28.0. The third-order valence-corrected chi connectivity index (χ3v) is 8.34. The summed E-state index contributed by atoms with van der Waals surface area (Å²) >= 11 is 9.63. The molecule has 11 heteroatoms. The van der Waals surface area contributed by atoms with E-state index in [1.165, 1.54) is 36.3 Å². The van der Waals surface area contributed by atoms with Crippen LogP contribution in [-0.4, -0.2) is 51.4 Å². The number of hydrogen-bond donors (Lipinski definition) is 1. The average Bonchev–Trinajstić information content (AvgIpc) is 2.91. The molecule has 0 unspecified atom stereocenters. The molecule has 0 fully saturated rings. The van der Waals surface area contributed by atoms with Crippen molar-refractivity contribution in [1.82, 2.24) is 10.2 Å². The topological polar surface area (TPSA) is 96.0 Å². The van der Waals surface area contributed by atoms with Gasteiger partial charge in [-0.2, -0.15) is 0 Å². The smallest absolute Gasteiger partial charge is 0.264 e. The lowest BCUT2D eigenvalue weighted by atomic mass is 10.1. The molecule has 0 aliphatic rings. The van der Waals surface area contributed by atoms with Crippen molar-refractivity contribution in [2.75, 3.05) is 24.5 Å². The molecule has 3 aromatic rings. The molecule has 38 heavy (non-hydrogen) atoms. The van der Waals surface area contributed by atoms with Gasteiger partial charge in [0.05, 0.1) is 17.7 Å². The number of hydrogen-bond acceptors (Lipinski definition) is 5. The Morgan fingerprint density at radius 1 is 1.05 bits per heavy atom. The fourth-order valence-electron chi connectivity index (χ4n) is 3.78. The van der Waals surface area contributed by atoms with Crippen molar-refractivity contribution in [3.8, 4) is 5.75 Å². The van der Waals surface area contributed by atoms with E-state index in [0.717, 1.165) is 14.3 Å². The van der Waals surface area contributed by atoms with Crippen LogP contribution in [0.3, 0.4) is 0 Å². The van der Waals surface area contributed by atoms with Crippen LogP contribution in [0.25, 0.3) is 0 Å². The highest BCUT2D eigenvalue weighted by Gasteiger charge is 2.33. The van der Waals surface area contributed by atoms with Crippen molar-refractivity contribution in [2.24, 2.45) is 0 Å². The van der Waals surface area contributed by atoms with E-state index >= 15 is 0 Å². The predicted molar refractivity (Wildman–Crippen MR) is 152 cm³/mol. The van der Waals surface area contributed by atoms with Crippen LogP contribution in [0.5, 0.6) is 5.75 Å². The second kappa shape index (κ2) is 13.1. The van der Waals surface area contributed by atoms with Crippen LogP contribution in [0.1, 0.15) is 19.4 Å². The summed E-state index contributed by atoms with van der Waals surface area (Å²) in [5.74, 6) is -0.707. The number of carbonyl (C=O) groups excluding carboxylic acids is 2. The van der Waals surface area contributed by atoms with E-state index in [9.17, 15) is 18.0 Å². The Morgan fingerprint density at radius 2 is 1.71 bits per heavy atom. The number of carbonyl (C=O) groups is 2. The number of anilines is 1. The molecule has 0 aromatic heterocycles. The SMILES string of the molecule is CCNC(=O)[C@@H](C)N(Cc1ccc(Br)cc1)C(=O)CN(c1cc(Cl)ccc1OC)S(=O)(=O)c1ccccc1. The quantitative estimate of drug-likeness (QED) is 0.330. The molecule has 202 valence electrons. The zero-order chi connectivity index (χ0) is 27.9. The van der Waals surface area contributed by atoms with Gasteiger partial charge in [0.1, 0.15) is 18.3 Å². The number of amides is 2. The van der Waals surface area contributed by atoms with Gasteiger partial charge < -0.3 is 15.0 Å². The minimum absolute atomic E-state index is 0.00828. The maximum Gasteiger partial charge on any atom is 0.264 e. The maximum absolute atomic E-state index is 13.9. The van der Waals surface area contributed by atoms with Gasteiger partial charge in [-0.3, -0.25) is 13.9 Å². The van der Waals surface area contributed by atoms with Gasteiger partial charge in [-0.15, -0.1) is 0 Å². The first-order chi connectivity index (χ1) is 18.1. The van der Waals surface area contributed by atoms with Crippen LogP contribution in [0.15, 0.2) is 82.2 Å². The second-order valence-electron chi connectivity index (χ2n) is 8.36. The number of likely N-dealkylation sites (N-methyl/N-ethyl adjacent to an activating group) is 1. The van der Waals surface area contributed by atoms with Crippen LogP contribution in [0.2, 0.25) is 5.02 Å². The molecule has 0 spiro atoms. The molecule has 1 N–H and O–H groups in total. The number of nitrogens with zero attached hydrogens (tertiary/aromatic N) is 2. The lowest BCUT2D eigenvalue weighted by molar-refractivity contribution is -0.139. The zero-order valence-electron chi connectivity index (χ0n) is 21.2. The van der Waals surface area contributed by atoms with Crippen LogP contribution >= 0.6 is 27.5 Å². The largest absolute Gasteiger partial charge is 0.495 e. The number of nitrogens with one attached hydrogen (secondary N) is 1. The Hall–Kier alpha value is -3.08. The average molecular weight is 623 g/mol. The zero-order valence-corrected chi connectivity index (χ0v) is 24.4. The van der Waals surface area contributed by atoms with Gasteiger partial charge in [0.2, 0.25) is 11.8 Å². The first kappa shape index (κ1) is 29.5. The van der Waals surface area contributed by atoms with Crippen molar-refractivity contribution in [3.63, 3.8) is 0 Å². The third kappa shape index (κ3) is 7.06. The number of sulfonamides is 1. The fraction of sp³-hybridized carbons (Fsp3) is 0.259. The summed E-state index contributed by atoms with van der Waals surface area (Å²) in [6.45, 7) is 3.28. The van der Waals surface area contributed by atoms with Crippen LogP contribution < -0.4 is 14.4 Å². The Labute approximate surface area is 236 Å². The van der Waals surface area contributed by atoms with Crippen molar-refractivity contribution < 1.29 is 22.7 Å². The minimum Gasteiger partial charge on any atom is -0.495 e. The van der Waals surface area contributed by atoms with E-state index in [0.29, 0.717) is 6.54 Å². The number of benzene rings is 3. The van der Waals surface area contributed by atoms with Gasteiger partial charge in [0.25, 0.3) is 10.0 Å². The van der Waals surface area contributed by atoms with Crippen molar-refractivity contribution >= 4 is 55.1 Å². The molecule has 0 saturated carbocycles. The van der Waals surface area contributed by atoms with Gasteiger partial charge in [0.15, 0.2) is 0 Å². The number of methoxy groups -OCH3 is 1. The number of ether oxygens (including phenoxy) is 1. The molecule has 0 radical (unpaired) electrons. The van der Waals surface area contributed by atoms with Crippen molar-refractivity contribution in [1.29, 1.82) is 0 Å². The van der Waals surface area contributed by atoms with E-state index in [4.69, 9.17) is 16.3 Å². The highest BCUT2D eigenvalue weighted by molar-refractivity contribution is 9.10. The summed E-state index contributed by atoms with van der Waals surface area (Å²) in [5, 5.41) is 3.00. The Kier molecular flexibility index (Phi) is 10.2. The highest BCUT2D eigenvalue weighted by Crippen LogP contribution is 2.35.